The second-order valence-corrected chi connectivity index (χ2v) is 8.16. The minimum Gasteiger partial charge on any atom is -0.481 e. The number of thiophene rings is 1. The van der Waals surface area contributed by atoms with Crippen LogP contribution in [0.2, 0.25) is 0 Å². The molecule has 23 heavy (non-hydrogen) atoms. The Balaban J connectivity index is 2.16. The molecule has 1 atom stereocenters. The summed E-state index contributed by atoms with van der Waals surface area (Å²) in [5, 5.41) is 10.6. The molecule has 5 nitrogen and oxygen atoms in total. The standard InChI is InChI=1S/C16H19NO4S2/c1-12-9-10-22-16(12)23(20,21)17-14(7-8-15(18)19)11-13-5-3-2-4-6-13/h2-6,9-10,14,17H,7-8,11H2,1H3,(H,18,19). The van der Waals surface area contributed by atoms with E-state index in [1.54, 1.807) is 18.4 Å². The van der Waals surface area contributed by atoms with Crippen LogP contribution in [0.4, 0.5) is 0 Å². The second-order valence-electron chi connectivity index (χ2n) is 5.33. The van der Waals surface area contributed by atoms with Crippen LogP contribution in [0.5, 0.6) is 0 Å². The van der Waals surface area contributed by atoms with Gasteiger partial charge in [0.15, 0.2) is 0 Å². The molecule has 124 valence electrons. The van der Waals surface area contributed by atoms with Gasteiger partial charge in [-0.25, -0.2) is 13.1 Å². The zero-order chi connectivity index (χ0) is 16.9. The summed E-state index contributed by atoms with van der Waals surface area (Å²) in [5.74, 6) is -0.936. The fourth-order valence-corrected chi connectivity index (χ4v) is 5.01. The first-order valence-corrected chi connectivity index (χ1v) is 9.57. The van der Waals surface area contributed by atoms with Crippen LogP contribution < -0.4 is 4.72 Å². The number of hydrogen-bond acceptors (Lipinski definition) is 4. The lowest BCUT2D eigenvalue weighted by atomic mass is 10.0. The smallest absolute Gasteiger partial charge is 0.303 e. The van der Waals surface area contributed by atoms with E-state index in [2.05, 4.69) is 4.72 Å². The molecule has 2 aromatic rings. The van der Waals surface area contributed by atoms with Crippen molar-refractivity contribution >= 4 is 27.3 Å². The number of carboxylic acid groups (broad SMARTS) is 1. The van der Waals surface area contributed by atoms with Crippen LogP contribution in [0.25, 0.3) is 0 Å². The van der Waals surface area contributed by atoms with Gasteiger partial charge in [-0.1, -0.05) is 30.3 Å². The summed E-state index contributed by atoms with van der Waals surface area (Å²) in [6.45, 7) is 1.74. The monoisotopic (exact) mass is 353 g/mol. The molecule has 0 saturated heterocycles. The van der Waals surface area contributed by atoms with Crippen molar-refractivity contribution in [2.45, 2.75) is 36.4 Å². The van der Waals surface area contributed by atoms with Gasteiger partial charge in [0, 0.05) is 12.5 Å². The van der Waals surface area contributed by atoms with E-state index in [9.17, 15) is 13.2 Å². The van der Waals surface area contributed by atoms with Gasteiger partial charge in [-0.2, -0.15) is 0 Å². The highest BCUT2D eigenvalue weighted by Gasteiger charge is 2.23. The average molecular weight is 353 g/mol. The molecule has 0 bridgehead atoms. The van der Waals surface area contributed by atoms with E-state index in [0.29, 0.717) is 12.0 Å². The second kappa shape index (κ2) is 7.72. The van der Waals surface area contributed by atoms with Gasteiger partial charge < -0.3 is 5.11 Å². The van der Waals surface area contributed by atoms with E-state index in [0.717, 1.165) is 16.9 Å². The van der Waals surface area contributed by atoms with E-state index in [1.165, 1.54) is 0 Å². The molecule has 1 aromatic heterocycles. The Kier molecular flexibility index (Phi) is 5.92. The Labute approximate surface area is 140 Å². The number of benzene rings is 1. The molecule has 2 N–H and O–H groups in total. The Morgan fingerprint density at radius 3 is 2.52 bits per heavy atom. The number of carbonyl (C=O) groups is 1. The first-order valence-electron chi connectivity index (χ1n) is 7.20. The van der Waals surface area contributed by atoms with Gasteiger partial charge in [0.2, 0.25) is 0 Å². The lowest BCUT2D eigenvalue weighted by molar-refractivity contribution is -0.137. The SMILES string of the molecule is Cc1ccsc1S(=O)(=O)NC(CCC(=O)O)Cc1ccccc1. The fraction of sp³-hybridized carbons (Fsp3) is 0.312. The molecule has 2 rings (SSSR count). The van der Waals surface area contributed by atoms with Gasteiger partial charge >= 0.3 is 5.97 Å². The third kappa shape index (κ3) is 5.16. The molecule has 1 unspecified atom stereocenters. The van der Waals surface area contributed by atoms with Gasteiger partial charge in [0.05, 0.1) is 0 Å². The van der Waals surface area contributed by atoms with E-state index >= 15 is 0 Å². The summed E-state index contributed by atoms with van der Waals surface area (Å²) >= 11 is 1.16. The first-order chi connectivity index (χ1) is 10.9. The van der Waals surface area contributed by atoms with Gasteiger partial charge in [-0.3, -0.25) is 4.79 Å². The highest BCUT2D eigenvalue weighted by atomic mass is 32.2. The molecular formula is C16H19NO4S2. The van der Waals surface area contributed by atoms with Crippen LogP contribution >= 0.6 is 11.3 Å². The van der Waals surface area contributed by atoms with E-state index in [-0.39, 0.29) is 17.1 Å². The number of rotatable bonds is 8. The fourth-order valence-electron chi connectivity index (χ4n) is 2.31. The number of hydrogen-bond donors (Lipinski definition) is 2. The van der Waals surface area contributed by atoms with Crippen LogP contribution in [-0.4, -0.2) is 25.5 Å². The highest BCUT2D eigenvalue weighted by Crippen LogP contribution is 2.22. The lowest BCUT2D eigenvalue weighted by Gasteiger charge is -2.18. The molecule has 7 heteroatoms. The zero-order valence-electron chi connectivity index (χ0n) is 12.7. The topological polar surface area (TPSA) is 83.5 Å². The summed E-state index contributed by atoms with van der Waals surface area (Å²) < 4.78 is 28.0. The summed E-state index contributed by atoms with van der Waals surface area (Å²) in [4.78, 5) is 10.8. The first kappa shape index (κ1) is 17.7. The van der Waals surface area contributed by atoms with Crippen molar-refractivity contribution in [3.05, 3.63) is 52.9 Å². The molecule has 0 aliphatic heterocycles. The van der Waals surface area contributed by atoms with E-state index in [1.807, 2.05) is 30.3 Å². The molecule has 1 aromatic carbocycles. The predicted molar refractivity (Wildman–Crippen MR) is 90.2 cm³/mol. The third-order valence-corrected chi connectivity index (χ3v) is 6.62. The van der Waals surface area contributed by atoms with Gasteiger partial charge in [0.25, 0.3) is 10.0 Å². The van der Waals surface area contributed by atoms with Crippen LogP contribution in [-0.2, 0) is 21.2 Å². The van der Waals surface area contributed by atoms with Crippen LogP contribution in [0.15, 0.2) is 46.0 Å². The number of sulfonamides is 1. The van der Waals surface area contributed by atoms with Crippen LogP contribution in [0.3, 0.4) is 0 Å². The molecule has 1 heterocycles. The van der Waals surface area contributed by atoms with Crippen molar-refractivity contribution < 1.29 is 18.3 Å². The maximum Gasteiger partial charge on any atom is 0.303 e. The van der Waals surface area contributed by atoms with Crippen molar-refractivity contribution in [2.24, 2.45) is 0 Å². The number of carboxylic acids is 1. The molecule has 0 fully saturated rings. The Bertz CT molecular complexity index is 753. The lowest BCUT2D eigenvalue weighted by Crippen LogP contribution is -2.36. The van der Waals surface area contributed by atoms with E-state index in [4.69, 9.17) is 5.11 Å². The molecule has 0 saturated carbocycles. The quantitative estimate of drug-likeness (QED) is 0.764. The number of nitrogens with one attached hydrogen (secondary N) is 1. The molecule has 0 radical (unpaired) electrons. The van der Waals surface area contributed by atoms with Gasteiger partial charge in [-0.15, -0.1) is 11.3 Å². The Hall–Kier alpha value is -1.70. The van der Waals surface area contributed by atoms with Crippen molar-refractivity contribution in [3.63, 3.8) is 0 Å². The molecule has 0 amide bonds. The van der Waals surface area contributed by atoms with Gasteiger partial charge in [-0.05, 0) is 42.3 Å². The Morgan fingerprint density at radius 2 is 1.96 bits per heavy atom. The molecular weight excluding hydrogens is 334 g/mol. The van der Waals surface area contributed by atoms with Crippen LogP contribution in [0.1, 0.15) is 24.0 Å². The maximum absolute atomic E-state index is 12.5. The minimum atomic E-state index is -3.64. The molecule has 0 aliphatic rings. The average Bonchev–Trinajstić information content (AvgIpc) is 2.92. The van der Waals surface area contributed by atoms with E-state index < -0.39 is 22.0 Å². The molecule has 0 aliphatic carbocycles. The number of aryl methyl sites for hydroxylation is 1. The van der Waals surface area contributed by atoms with Crippen molar-refractivity contribution in [3.8, 4) is 0 Å². The predicted octanol–water partition coefficient (Wildman–Crippen LogP) is 2.81. The number of aliphatic carboxylic acids is 1. The summed E-state index contributed by atoms with van der Waals surface area (Å²) in [6, 6.07) is 10.7. The largest absolute Gasteiger partial charge is 0.481 e. The van der Waals surface area contributed by atoms with Crippen LogP contribution in [0, 0.1) is 6.92 Å². The highest BCUT2D eigenvalue weighted by molar-refractivity contribution is 7.91. The van der Waals surface area contributed by atoms with Crippen molar-refractivity contribution in [2.75, 3.05) is 0 Å². The summed E-state index contributed by atoms with van der Waals surface area (Å²) in [7, 11) is -3.64. The van der Waals surface area contributed by atoms with Crippen molar-refractivity contribution in [1.82, 2.24) is 4.72 Å². The van der Waals surface area contributed by atoms with Crippen molar-refractivity contribution in [1.29, 1.82) is 0 Å². The minimum absolute atomic E-state index is 0.0799. The third-order valence-electron chi connectivity index (χ3n) is 3.41. The molecule has 0 spiro atoms. The zero-order valence-corrected chi connectivity index (χ0v) is 14.4. The Morgan fingerprint density at radius 1 is 1.26 bits per heavy atom. The van der Waals surface area contributed by atoms with Gasteiger partial charge in [0.1, 0.15) is 4.21 Å². The summed E-state index contributed by atoms with van der Waals surface area (Å²) in [5.41, 5.74) is 1.66. The summed E-state index contributed by atoms with van der Waals surface area (Å²) in [6.07, 6.45) is 0.620. The maximum atomic E-state index is 12.5. The normalized spacial score (nSPS) is 12.9.